The first-order valence-corrected chi connectivity index (χ1v) is 9.86. The minimum atomic E-state index is -1.75. The maximum absolute atomic E-state index is 10.9. The summed E-state index contributed by atoms with van der Waals surface area (Å²) in [4.78, 5) is 10.9. The molecule has 0 saturated carbocycles. The van der Waals surface area contributed by atoms with Crippen LogP contribution in [-0.4, -0.2) is 121 Å². The average molecular weight is 461 g/mol. The van der Waals surface area contributed by atoms with Crippen molar-refractivity contribution in [1.82, 2.24) is 0 Å². The Balaban J connectivity index is 1.70. The number of hydrogen-bond donors (Lipinski definition) is 9. The summed E-state index contributed by atoms with van der Waals surface area (Å²) in [5, 5.41) is 81.6. The van der Waals surface area contributed by atoms with Crippen molar-refractivity contribution < 1.29 is 59.9 Å². The quantitative estimate of drug-likeness (QED) is 0.192. The van der Waals surface area contributed by atoms with Crippen molar-refractivity contribution in [1.29, 1.82) is 0 Å². The van der Waals surface area contributed by atoms with Gasteiger partial charge in [0.25, 0.3) is 0 Å². The van der Waals surface area contributed by atoms with Gasteiger partial charge in [-0.2, -0.15) is 0 Å². The van der Waals surface area contributed by atoms with Crippen LogP contribution in [0.3, 0.4) is 0 Å². The minimum absolute atomic E-state index is 0.0434. The Morgan fingerprint density at radius 1 is 0.844 bits per heavy atom. The molecule has 10 atom stereocenters. The summed E-state index contributed by atoms with van der Waals surface area (Å²) in [5.74, 6) is -1.12. The fourth-order valence-electron chi connectivity index (χ4n) is 3.58. The van der Waals surface area contributed by atoms with E-state index in [1.54, 1.807) is 0 Å². The second-order valence-electron chi connectivity index (χ2n) is 7.58. The number of aliphatic hydroxyl groups excluding tert-OH is 7. The fraction of sp³-hybridized carbons (Fsp3) is 0.632. The normalized spacial score (nSPS) is 40.1. The Labute approximate surface area is 182 Å². The van der Waals surface area contributed by atoms with Crippen LogP contribution in [0.5, 0.6) is 0 Å². The Kier molecular flexibility index (Phi) is 8.00. The summed E-state index contributed by atoms with van der Waals surface area (Å²) < 4.78 is 16.3. The molecule has 0 amide bonds. The van der Waals surface area contributed by atoms with Crippen LogP contribution in [0.25, 0.3) is 0 Å². The molecule has 2 aliphatic rings. The van der Waals surface area contributed by atoms with E-state index in [0.29, 0.717) is 5.69 Å². The molecule has 2 saturated heterocycles. The average Bonchev–Trinajstić information content (AvgIpc) is 2.79. The highest BCUT2D eigenvalue weighted by Crippen LogP contribution is 2.29. The van der Waals surface area contributed by atoms with Crippen molar-refractivity contribution in [3.63, 3.8) is 0 Å². The number of carboxylic acids is 1. The molecular formula is C19H27NO12. The molecule has 3 rings (SSSR count). The summed E-state index contributed by atoms with van der Waals surface area (Å²) in [6.07, 6.45) is -15.0. The molecule has 13 heteroatoms. The Morgan fingerprint density at radius 2 is 1.47 bits per heavy atom. The number of hydrogen-bond acceptors (Lipinski definition) is 12. The second-order valence-corrected chi connectivity index (χ2v) is 7.58. The maximum Gasteiger partial charge on any atom is 0.335 e. The van der Waals surface area contributed by atoms with Crippen LogP contribution < -0.4 is 5.32 Å². The van der Waals surface area contributed by atoms with E-state index in [1.807, 2.05) is 0 Å². The Morgan fingerprint density at radius 3 is 2.03 bits per heavy atom. The van der Waals surface area contributed by atoms with Crippen LogP contribution >= 0.6 is 0 Å². The molecule has 13 nitrogen and oxygen atoms in total. The van der Waals surface area contributed by atoms with Gasteiger partial charge in [0.15, 0.2) is 12.5 Å². The largest absolute Gasteiger partial charge is 0.478 e. The molecule has 32 heavy (non-hydrogen) atoms. The van der Waals surface area contributed by atoms with Crippen molar-refractivity contribution in [3.05, 3.63) is 29.8 Å². The highest BCUT2D eigenvalue weighted by molar-refractivity contribution is 5.88. The van der Waals surface area contributed by atoms with E-state index in [0.717, 1.165) is 0 Å². The zero-order valence-electron chi connectivity index (χ0n) is 16.7. The molecule has 2 aliphatic heterocycles. The van der Waals surface area contributed by atoms with E-state index in [2.05, 4.69) is 5.32 Å². The number of aromatic carboxylic acids is 1. The number of ether oxygens (including phenoxy) is 3. The van der Waals surface area contributed by atoms with Crippen LogP contribution in [0.1, 0.15) is 10.4 Å². The van der Waals surface area contributed by atoms with Gasteiger partial charge in [-0.15, -0.1) is 0 Å². The topological polar surface area (TPSA) is 219 Å². The van der Waals surface area contributed by atoms with Crippen LogP contribution in [0.2, 0.25) is 0 Å². The number of carboxylic acid groups (broad SMARTS) is 1. The molecule has 0 aliphatic carbocycles. The number of nitrogens with one attached hydrogen (secondary N) is 1. The van der Waals surface area contributed by atoms with Crippen molar-refractivity contribution in [2.75, 3.05) is 18.5 Å². The first-order valence-electron chi connectivity index (χ1n) is 9.86. The van der Waals surface area contributed by atoms with Crippen molar-refractivity contribution >= 4 is 11.7 Å². The second kappa shape index (κ2) is 10.4. The highest BCUT2D eigenvalue weighted by Gasteiger charge is 2.50. The van der Waals surface area contributed by atoms with Crippen molar-refractivity contribution in [2.45, 2.75) is 61.3 Å². The summed E-state index contributed by atoms with van der Waals surface area (Å²) >= 11 is 0. The van der Waals surface area contributed by atoms with Gasteiger partial charge in [0.05, 0.1) is 18.8 Å². The standard InChI is InChI=1S/C19H27NO12/c21-5-9-11(23)12(24)15(27)19(31-9)32-16-10(6-22)30-17(14(26)13(16)25)20-8-3-1-7(2-4-8)18(28)29/h1-4,9-17,19-27H,5-6H2,(H,28,29)/t9-,10+,11-,12+,13+,14+,15-,16+,17+,19+/m0/s1. The molecule has 0 bridgehead atoms. The molecule has 1 aromatic rings. The maximum atomic E-state index is 10.9. The lowest BCUT2D eigenvalue weighted by Crippen LogP contribution is -2.65. The van der Waals surface area contributed by atoms with Gasteiger partial charge in [-0.1, -0.05) is 0 Å². The SMILES string of the molecule is O=C(O)c1ccc(N[C@@H]2O[C@H](CO)[C@@H](O[C@H]3O[C@@H](CO)[C@H](O)[C@@H](O)[C@@H]3O)[C@H](O)[C@H]2O)cc1. The van der Waals surface area contributed by atoms with Crippen LogP contribution in [0.15, 0.2) is 24.3 Å². The highest BCUT2D eigenvalue weighted by atomic mass is 16.7. The molecular weight excluding hydrogens is 434 g/mol. The van der Waals surface area contributed by atoms with E-state index in [4.69, 9.17) is 19.3 Å². The van der Waals surface area contributed by atoms with Gasteiger partial charge in [0, 0.05) is 5.69 Å². The first kappa shape index (κ1) is 24.7. The molecule has 0 unspecified atom stereocenters. The molecule has 1 aromatic carbocycles. The van der Waals surface area contributed by atoms with Crippen molar-refractivity contribution in [3.8, 4) is 0 Å². The lowest BCUT2D eigenvalue weighted by molar-refractivity contribution is -0.340. The van der Waals surface area contributed by atoms with Gasteiger partial charge in [-0.25, -0.2) is 4.79 Å². The monoisotopic (exact) mass is 461 g/mol. The summed E-state index contributed by atoms with van der Waals surface area (Å²) in [6, 6.07) is 5.50. The number of rotatable bonds is 7. The number of anilines is 1. The van der Waals surface area contributed by atoms with Gasteiger partial charge in [0.2, 0.25) is 0 Å². The van der Waals surface area contributed by atoms with E-state index in [1.165, 1.54) is 24.3 Å². The van der Waals surface area contributed by atoms with E-state index in [9.17, 15) is 40.5 Å². The molecule has 9 N–H and O–H groups in total. The third-order valence-corrected chi connectivity index (χ3v) is 5.44. The van der Waals surface area contributed by atoms with Gasteiger partial charge in [0.1, 0.15) is 48.8 Å². The molecule has 180 valence electrons. The van der Waals surface area contributed by atoms with Gasteiger partial charge in [-0.05, 0) is 24.3 Å². The molecule has 0 aromatic heterocycles. The summed E-state index contributed by atoms with van der Waals surface area (Å²) in [7, 11) is 0. The van der Waals surface area contributed by atoms with Crippen LogP contribution in [0.4, 0.5) is 5.69 Å². The first-order chi connectivity index (χ1) is 15.2. The number of benzene rings is 1. The van der Waals surface area contributed by atoms with Gasteiger partial charge in [-0.3, -0.25) is 0 Å². The smallest absolute Gasteiger partial charge is 0.335 e. The molecule has 0 radical (unpaired) electrons. The van der Waals surface area contributed by atoms with Crippen molar-refractivity contribution in [2.24, 2.45) is 0 Å². The molecule has 2 heterocycles. The van der Waals surface area contributed by atoms with Crippen LogP contribution in [0, 0.1) is 0 Å². The van der Waals surface area contributed by atoms with E-state index < -0.39 is 80.5 Å². The fourth-order valence-corrected chi connectivity index (χ4v) is 3.58. The van der Waals surface area contributed by atoms with E-state index in [-0.39, 0.29) is 5.56 Å². The van der Waals surface area contributed by atoms with E-state index >= 15 is 0 Å². The minimum Gasteiger partial charge on any atom is -0.478 e. The molecule has 0 spiro atoms. The Bertz CT molecular complexity index is 759. The molecule has 2 fully saturated rings. The lowest BCUT2D eigenvalue weighted by Gasteiger charge is -2.46. The van der Waals surface area contributed by atoms with Gasteiger partial charge >= 0.3 is 5.97 Å². The third-order valence-electron chi connectivity index (χ3n) is 5.44. The Hall–Kier alpha value is -1.91. The predicted molar refractivity (Wildman–Crippen MR) is 103 cm³/mol. The zero-order chi connectivity index (χ0) is 23.6. The van der Waals surface area contributed by atoms with Gasteiger partial charge < -0.3 is 60.4 Å². The third kappa shape index (κ3) is 5.02. The number of carbonyl (C=O) groups is 1. The predicted octanol–water partition coefficient (Wildman–Crippen LogP) is -3.58. The van der Waals surface area contributed by atoms with Crippen LogP contribution in [-0.2, 0) is 14.2 Å². The number of aliphatic hydroxyl groups is 7. The summed E-state index contributed by atoms with van der Waals surface area (Å²) in [6.45, 7) is -1.35. The summed E-state index contributed by atoms with van der Waals surface area (Å²) in [5.41, 5.74) is 0.415. The zero-order valence-corrected chi connectivity index (χ0v) is 16.7. The lowest BCUT2D eigenvalue weighted by atomic mass is 9.96.